The van der Waals surface area contributed by atoms with Crippen LogP contribution in [0.3, 0.4) is 0 Å². The average Bonchev–Trinajstić information content (AvgIpc) is 2.52. The second kappa shape index (κ2) is 7.77. The van der Waals surface area contributed by atoms with Crippen molar-refractivity contribution >= 4 is 5.91 Å². The van der Waals surface area contributed by atoms with E-state index in [-0.39, 0.29) is 12.5 Å². The van der Waals surface area contributed by atoms with Gasteiger partial charge in [0.2, 0.25) is 0 Å². The molecule has 1 aliphatic heterocycles. The Kier molecular flexibility index (Phi) is 5.73. The number of likely N-dealkylation sites (tertiary alicyclic amines) is 1. The molecule has 0 aliphatic carbocycles. The Bertz CT molecular complexity index is 540. The van der Waals surface area contributed by atoms with E-state index in [0.29, 0.717) is 23.6 Å². The topological polar surface area (TPSA) is 65.5 Å². The van der Waals surface area contributed by atoms with Gasteiger partial charge in [-0.3, -0.25) is 9.78 Å². The molecule has 2 heterocycles. The van der Waals surface area contributed by atoms with Crippen LogP contribution in [-0.4, -0.2) is 54.2 Å². The SMILES string of the molecule is CN1CCC(CNC(=O)c2cncc(C#CCO)c2)CC1. The molecule has 112 valence electrons. The molecule has 1 fully saturated rings. The summed E-state index contributed by atoms with van der Waals surface area (Å²) in [4.78, 5) is 18.4. The zero-order valence-corrected chi connectivity index (χ0v) is 12.3. The quantitative estimate of drug-likeness (QED) is 0.795. The Balaban J connectivity index is 1.88. The molecule has 1 aromatic rings. The third-order valence-corrected chi connectivity index (χ3v) is 3.70. The van der Waals surface area contributed by atoms with Crippen molar-refractivity contribution < 1.29 is 9.90 Å². The lowest BCUT2D eigenvalue weighted by Crippen LogP contribution is -2.36. The van der Waals surface area contributed by atoms with Crippen molar-refractivity contribution in [1.29, 1.82) is 0 Å². The van der Waals surface area contributed by atoms with Gasteiger partial charge in [0.25, 0.3) is 5.91 Å². The highest BCUT2D eigenvalue weighted by Crippen LogP contribution is 2.14. The summed E-state index contributed by atoms with van der Waals surface area (Å²) in [5, 5.41) is 11.6. The van der Waals surface area contributed by atoms with Gasteiger partial charge in [0.1, 0.15) is 6.61 Å². The number of piperidine rings is 1. The maximum Gasteiger partial charge on any atom is 0.252 e. The summed E-state index contributed by atoms with van der Waals surface area (Å²) in [6, 6.07) is 1.69. The van der Waals surface area contributed by atoms with E-state index in [2.05, 4.69) is 34.1 Å². The first-order valence-electron chi connectivity index (χ1n) is 7.20. The first kappa shape index (κ1) is 15.5. The van der Waals surface area contributed by atoms with Crippen LogP contribution in [0, 0.1) is 17.8 Å². The van der Waals surface area contributed by atoms with E-state index in [1.807, 2.05) is 0 Å². The van der Waals surface area contributed by atoms with Crippen LogP contribution in [0.4, 0.5) is 0 Å². The highest BCUT2D eigenvalue weighted by Gasteiger charge is 2.17. The standard InChI is InChI=1S/C16H21N3O2/c1-19-6-4-13(5-7-19)11-18-16(21)15-9-14(3-2-8-20)10-17-12-15/h9-10,12-13,20H,4-8,11H2,1H3,(H,18,21). The minimum atomic E-state index is -0.202. The third kappa shape index (κ3) is 4.85. The highest BCUT2D eigenvalue weighted by molar-refractivity contribution is 5.94. The molecule has 0 bridgehead atoms. The predicted octanol–water partition coefficient (Wildman–Crippen LogP) is 0.497. The number of amides is 1. The zero-order chi connectivity index (χ0) is 15.1. The first-order chi connectivity index (χ1) is 10.2. The molecule has 0 saturated carbocycles. The highest BCUT2D eigenvalue weighted by atomic mass is 16.2. The largest absolute Gasteiger partial charge is 0.384 e. The number of rotatable bonds is 3. The number of nitrogens with zero attached hydrogens (tertiary/aromatic N) is 2. The second-order valence-electron chi connectivity index (χ2n) is 5.38. The molecule has 21 heavy (non-hydrogen) atoms. The van der Waals surface area contributed by atoms with E-state index in [1.165, 1.54) is 6.20 Å². The van der Waals surface area contributed by atoms with E-state index in [9.17, 15) is 4.79 Å². The summed E-state index contributed by atoms with van der Waals surface area (Å²) < 4.78 is 0. The van der Waals surface area contributed by atoms with Gasteiger partial charge in [-0.25, -0.2) is 0 Å². The van der Waals surface area contributed by atoms with Gasteiger partial charge in [-0.2, -0.15) is 0 Å². The molecule has 0 spiro atoms. The molecular weight excluding hydrogens is 266 g/mol. The van der Waals surface area contributed by atoms with Crippen LogP contribution in [0.1, 0.15) is 28.8 Å². The lowest BCUT2D eigenvalue weighted by molar-refractivity contribution is 0.0938. The monoisotopic (exact) mass is 287 g/mol. The van der Waals surface area contributed by atoms with Crippen molar-refractivity contribution in [1.82, 2.24) is 15.2 Å². The van der Waals surface area contributed by atoms with Crippen LogP contribution in [-0.2, 0) is 0 Å². The van der Waals surface area contributed by atoms with Crippen LogP contribution >= 0.6 is 0 Å². The van der Waals surface area contributed by atoms with Crippen molar-refractivity contribution in [2.45, 2.75) is 12.8 Å². The van der Waals surface area contributed by atoms with Crippen molar-refractivity contribution in [3.05, 3.63) is 29.6 Å². The molecular formula is C16H21N3O2. The maximum atomic E-state index is 12.1. The normalized spacial score (nSPS) is 16.1. The molecule has 2 N–H and O–H groups in total. The minimum absolute atomic E-state index is 0.117. The van der Waals surface area contributed by atoms with Gasteiger partial charge < -0.3 is 15.3 Å². The maximum absolute atomic E-state index is 12.1. The lowest BCUT2D eigenvalue weighted by atomic mass is 9.97. The van der Waals surface area contributed by atoms with Crippen molar-refractivity contribution in [3.8, 4) is 11.8 Å². The van der Waals surface area contributed by atoms with E-state index in [4.69, 9.17) is 5.11 Å². The summed E-state index contributed by atoms with van der Waals surface area (Å²) >= 11 is 0. The van der Waals surface area contributed by atoms with Crippen molar-refractivity contribution in [2.24, 2.45) is 5.92 Å². The number of carbonyl (C=O) groups excluding carboxylic acids is 1. The fourth-order valence-electron chi connectivity index (χ4n) is 2.38. The van der Waals surface area contributed by atoms with Crippen molar-refractivity contribution in [3.63, 3.8) is 0 Å². The number of aliphatic hydroxyl groups is 1. The van der Waals surface area contributed by atoms with E-state index in [1.54, 1.807) is 12.3 Å². The Morgan fingerprint density at radius 1 is 1.48 bits per heavy atom. The summed E-state index contributed by atoms with van der Waals surface area (Å²) in [6.07, 6.45) is 5.36. The van der Waals surface area contributed by atoms with Gasteiger partial charge in [0.15, 0.2) is 0 Å². The van der Waals surface area contributed by atoms with Crippen LogP contribution in [0.15, 0.2) is 18.5 Å². The molecule has 5 heteroatoms. The van der Waals surface area contributed by atoms with Crippen LogP contribution in [0.5, 0.6) is 0 Å². The Morgan fingerprint density at radius 3 is 2.95 bits per heavy atom. The van der Waals surface area contributed by atoms with Gasteiger partial charge in [0, 0.05) is 24.5 Å². The van der Waals surface area contributed by atoms with Gasteiger partial charge >= 0.3 is 0 Å². The zero-order valence-electron chi connectivity index (χ0n) is 12.3. The first-order valence-corrected chi connectivity index (χ1v) is 7.20. The Hall–Kier alpha value is -1.90. The fraction of sp³-hybridized carbons (Fsp3) is 0.500. The summed E-state index contributed by atoms with van der Waals surface area (Å²) in [5.41, 5.74) is 1.14. The van der Waals surface area contributed by atoms with E-state index < -0.39 is 0 Å². The van der Waals surface area contributed by atoms with Crippen molar-refractivity contribution in [2.75, 3.05) is 33.3 Å². The lowest BCUT2D eigenvalue weighted by Gasteiger charge is -2.28. The number of aromatic nitrogens is 1. The number of hydrogen-bond acceptors (Lipinski definition) is 4. The fourth-order valence-corrected chi connectivity index (χ4v) is 2.38. The van der Waals surface area contributed by atoms with E-state index >= 15 is 0 Å². The van der Waals surface area contributed by atoms with Gasteiger partial charge in [-0.15, -0.1) is 0 Å². The Morgan fingerprint density at radius 2 is 2.24 bits per heavy atom. The van der Waals surface area contributed by atoms with E-state index in [0.717, 1.165) is 25.9 Å². The Labute approximate surface area is 125 Å². The van der Waals surface area contributed by atoms with Gasteiger partial charge in [-0.05, 0) is 45.0 Å². The summed E-state index contributed by atoms with van der Waals surface area (Å²) in [6.45, 7) is 2.69. The predicted molar refractivity (Wildman–Crippen MR) is 80.8 cm³/mol. The minimum Gasteiger partial charge on any atom is -0.384 e. The third-order valence-electron chi connectivity index (χ3n) is 3.70. The number of aliphatic hydroxyl groups excluding tert-OH is 1. The van der Waals surface area contributed by atoms with Crippen LogP contribution < -0.4 is 5.32 Å². The number of hydrogen-bond donors (Lipinski definition) is 2. The molecule has 0 aromatic carbocycles. The molecule has 0 radical (unpaired) electrons. The molecule has 1 aromatic heterocycles. The summed E-state index contributed by atoms with van der Waals surface area (Å²) in [7, 11) is 2.12. The number of nitrogens with one attached hydrogen (secondary N) is 1. The number of pyridine rings is 1. The molecule has 0 atom stereocenters. The smallest absolute Gasteiger partial charge is 0.252 e. The second-order valence-corrected chi connectivity index (χ2v) is 5.38. The van der Waals surface area contributed by atoms with Crippen LogP contribution in [0.2, 0.25) is 0 Å². The molecule has 1 saturated heterocycles. The molecule has 1 aliphatic rings. The molecule has 0 unspecified atom stereocenters. The average molecular weight is 287 g/mol. The number of carbonyl (C=O) groups is 1. The van der Waals surface area contributed by atoms with Gasteiger partial charge in [-0.1, -0.05) is 11.8 Å². The summed E-state index contributed by atoms with van der Waals surface area (Å²) in [5.74, 6) is 5.73. The van der Waals surface area contributed by atoms with Crippen LogP contribution in [0.25, 0.3) is 0 Å². The molecule has 1 amide bonds. The van der Waals surface area contributed by atoms with Gasteiger partial charge in [0.05, 0.1) is 5.56 Å². The molecule has 5 nitrogen and oxygen atoms in total. The molecule has 2 rings (SSSR count).